The van der Waals surface area contributed by atoms with Gasteiger partial charge in [-0.2, -0.15) is 0 Å². The number of esters is 1. The van der Waals surface area contributed by atoms with E-state index in [4.69, 9.17) is 16.3 Å². The molecule has 0 aliphatic heterocycles. The van der Waals surface area contributed by atoms with E-state index >= 15 is 0 Å². The van der Waals surface area contributed by atoms with Crippen LogP contribution in [0, 0.1) is 10.1 Å². The van der Waals surface area contributed by atoms with Gasteiger partial charge in [-0.25, -0.2) is 4.79 Å². The molecule has 0 aromatic heterocycles. The first-order valence-electron chi connectivity index (χ1n) is 7.70. The summed E-state index contributed by atoms with van der Waals surface area (Å²) in [6.45, 7) is 0. The maximum Gasteiger partial charge on any atom is 0.339 e. The minimum absolute atomic E-state index is 0.0143. The molecule has 0 fully saturated rings. The Morgan fingerprint density at radius 3 is 2.68 bits per heavy atom. The Morgan fingerprint density at radius 1 is 1.16 bits per heavy atom. The number of nitro groups is 1. The third-order valence-corrected chi connectivity index (χ3v) is 4.72. The molecular formula is C19H12ClNO4. The highest BCUT2D eigenvalue weighted by Crippen LogP contribution is 2.39. The molecule has 0 spiro atoms. The number of hydrogen-bond donors (Lipinski definition) is 0. The number of hydrogen-bond acceptors (Lipinski definition) is 4. The summed E-state index contributed by atoms with van der Waals surface area (Å²) in [7, 11) is 0. The summed E-state index contributed by atoms with van der Waals surface area (Å²) in [5.74, 6) is -0.602. The van der Waals surface area contributed by atoms with Crippen molar-refractivity contribution in [1.29, 1.82) is 0 Å². The van der Waals surface area contributed by atoms with Crippen LogP contribution in [0.15, 0.2) is 54.6 Å². The van der Waals surface area contributed by atoms with Crippen LogP contribution in [0.1, 0.15) is 27.6 Å². The van der Waals surface area contributed by atoms with E-state index in [2.05, 4.69) is 0 Å². The summed E-state index contributed by atoms with van der Waals surface area (Å²) in [4.78, 5) is 22.8. The van der Waals surface area contributed by atoms with Gasteiger partial charge in [0.25, 0.3) is 5.69 Å². The SMILES string of the molecule is O=C(OC1Cc2cccc3cccc1c23)c1ccc(Cl)c([N+](=O)[O-])c1. The minimum Gasteiger partial charge on any atom is -0.454 e. The predicted octanol–water partition coefficient (Wildman–Crippen LogP) is 4.86. The van der Waals surface area contributed by atoms with Gasteiger partial charge in [-0.15, -0.1) is 0 Å². The van der Waals surface area contributed by atoms with E-state index in [1.807, 2.05) is 36.4 Å². The van der Waals surface area contributed by atoms with Crippen molar-refractivity contribution in [2.45, 2.75) is 12.5 Å². The van der Waals surface area contributed by atoms with Crippen LogP contribution in [0.2, 0.25) is 5.02 Å². The van der Waals surface area contributed by atoms with Gasteiger partial charge in [-0.05, 0) is 28.5 Å². The molecule has 1 unspecified atom stereocenters. The second kappa shape index (κ2) is 5.86. The quantitative estimate of drug-likeness (QED) is 0.383. The summed E-state index contributed by atoms with van der Waals surface area (Å²) in [6.07, 6.45) is 0.196. The zero-order valence-electron chi connectivity index (χ0n) is 12.9. The molecular weight excluding hydrogens is 342 g/mol. The van der Waals surface area contributed by atoms with Gasteiger partial charge in [-0.1, -0.05) is 48.0 Å². The van der Waals surface area contributed by atoms with E-state index in [0.717, 1.165) is 28.0 Å². The van der Waals surface area contributed by atoms with Crippen molar-refractivity contribution < 1.29 is 14.5 Å². The molecule has 1 atom stereocenters. The lowest BCUT2D eigenvalue weighted by atomic mass is 10.1. The third kappa shape index (κ3) is 2.62. The van der Waals surface area contributed by atoms with E-state index in [9.17, 15) is 14.9 Å². The lowest BCUT2D eigenvalue weighted by Crippen LogP contribution is -2.11. The number of nitro benzene ring substituents is 1. The molecule has 0 radical (unpaired) electrons. The molecule has 3 aromatic carbocycles. The van der Waals surface area contributed by atoms with Crippen molar-refractivity contribution in [1.82, 2.24) is 0 Å². The molecule has 0 amide bonds. The fraction of sp³-hybridized carbons (Fsp3) is 0.105. The summed E-state index contributed by atoms with van der Waals surface area (Å²) in [5, 5.41) is 13.2. The molecule has 1 aliphatic rings. The molecule has 5 nitrogen and oxygen atoms in total. The molecule has 0 saturated heterocycles. The maximum atomic E-state index is 12.5. The second-order valence-corrected chi connectivity index (χ2v) is 6.29. The minimum atomic E-state index is -0.620. The van der Waals surface area contributed by atoms with Crippen LogP contribution >= 0.6 is 11.6 Å². The number of ether oxygens (including phenoxy) is 1. The van der Waals surface area contributed by atoms with Crippen molar-refractivity contribution in [2.75, 3.05) is 0 Å². The van der Waals surface area contributed by atoms with Gasteiger partial charge >= 0.3 is 5.97 Å². The average molecular weight is 354 g/mol. The Kier molecular flexibility index (Phi) is 3.66. The first-order valence-corrected chi connectivity index (χ1v) is 8.08. The van der Waals surface area contributed by atoms with Crippen LogP contribution < -0.4 is 0 Å². The molecule has 0 saturated carbocycles. The Balaban J connectivity index is 1.64. The Hall–Kier alpha value is -2.92. The number of benzene rings is 3. The Bertz CT molecular complexity index is 1030. The van der Waals surface area contributed by atoms with Crippen LogP contribution in [-0.4, -0.2) is 10.9 Å². The number of carbonyl (C=O) groups is 1. The largest absolute Gasteiger partial charge is 0.454 e. The van der Waals surface area contributed by atoms with E-state index in [0.29, 0.717) is 6.42 Å². The third-order valence-electron chi connectivity index (χ3n) is 4.40. The Morgan fingerprint density at radius 2 is 1.92 bits per heavy atom. The zero-order valence-corrected chi connectivity index (χ0v) is 13.7. The fourth-order valence-corrected chi connectivity index (χ4v) is 3.47. The zero-order chi connectivity index (χ0) is 17.6. The highest BCUT2D eigenvalue weighted by molar-refractivity contribution is 6.32. The smallest absolute Gasteiger partial charge is 0.339 e. The van der Waals surface area contributed by atoms with E-state index in [1.54, 1.807) is 0 Å². The highest BCUT2D eigenvalue weighted by Gasteiger charge is 2.28. The molecule has 0 heterocycles. The average Bonchev–Trinajstić information content (AvgIpc) is 2.95. The van der Waals surface area contributed by atoms with Gasteiger partial charge in [-0.3, -0.25) is 10.1 Å². The molecule has 0 bridgehead atoms. The van der Waals surface area contributed by atoms with Gasteiger partial charge in [0.2, 0.25) is 0 Å². The van der Waals surface area contributed by atoms with E-state index in [-0.39, 0.29) is 16.3 Å². The molecule has 1 aliphatic carbocycles. The molecule has 3 aromatic rings. The molecule has 4 rings (SSSR count). The van der Waals surface area contributed by atoms with Crippen molar-refractivity contribution in [3.8, 4) is 0 Å². The van der Waals surface area contributed by atoms with Gasteiger partial charge in [0.15, 0.2) is 0 Å². The van der Waals surface area contributed by atoms with Crippen molar-refractivity contribution in [3.05, 3.63) is 86.4 Å². The monoisotopic (exact) mass is 353 g/mol. The summed E-state index contributed by atoms with van der Waals surface area (Å²) in [6, 6.07) is 15.8. The summed E-state index contributed by atoms with van der Waals surface area (Å²) >= 11 is 5.79. The normalized spacial score (nSPS) is 15.3. The van der Waals surface area contributed by atoms with Crippen LogP contribution in [0.4, 0.5) is 5.69 Å². The second-order valence-electron chi connectivity index (χ2n) is 5.88. The van der Waals surface area contributed by atoms with Gasteiger partial charge in [0.1, 0.15) is 11.1 Å². The standard InChI is InChI=1S/C19H12ClNO4/c20-15-8-7-13(9-16(15)21(23)24)19(22)25-17-10-12-5-1-3-11-4-2-6-14(17)18(11)12/h1-9,17H,10H2. The predicted molar refractivity (Wildman–Crippen MR) is 93.9 cm³/mol. The Labute approximate surface area is 147 Å². The first-order chi connectivity index (χ1) is 12.0. The van der Waals surface area contributed by atoms with Crippen molar-refractivity contribution in [2.24, 2.45) is 0 Å². The van der Waals surface area contributed by atoms with E-state index < -0.39 is 17.0 Å². The molecule has 0 N–H and O–H groups in total. The maximum absolute atomic E-state index is 12.5. The molecule has 25 heavy (non-hydrogen) atoms. The van der Waals surface area contributed by atoms with Crippen LogP contribution in [0.3, 0.4) is 0 Å². The van der Waals surface area contributed by atoms with Gasteiger partial charge in [0, 0.05) is 18.1 Å². The number of halogens is 1. The summed E-state index contributed by atoms with van der Waals surface area (Å²) in [5.41, 5.74) is 1.89. The number of rotatable bonds is 3. The summed E-state index contributed by atoms with van der Waals surface area (Å²) < 4.78 is 5.64. The van der Waals surface area contributed by atoms with Crippen LogP contribution in [-0.2, 0) is 11.2 Å². The van der Waals surface area contributed by atoms with Gasteiger partial charge < -0.3 is 4.74 Å². The van der Waals surface area contributed by atoms with E-state index in [1.165, 1.54) is 12.1 Å². The lowest BCUT2D eigenvalue weighted by Gasteiger charge is -2.13. The molecule has 124 valence electrons. The van der Waals surface area contributed by atoms with Gasteiger partial charge in [0.05, 0.1) is 10.5 Å². The lowest BCUT2D eigenvalue weighted by molar-refractivity contribution is -0.384. The van der Waals surface area contributed by atoms with Crippen LogP contribution in [0.25, 0.3) is 10.8 Å². The van der Waals surface area contributed by atoms with Crippen molar-refractivity contribution >= 4 is 34.0 Å². The fourth-order valence-electron chi connectivity index (χ4n) is 3.28. The number of nitrogens with zero attached hydrogens (tertiary/aromatic N) is 1. The highest BCUT2D eigenvalue weighted by atomic mass is 35.5. The van der Waals surface area contributed by atoms with Crippen LogP contribution in [0.5, 0.6) is 0 Å². The molecule has 6 heteroatoms. The topological polar surface area (TPSA) is 69.4 Å². The number of carbonyl (C=O) groups excluding carboxylic acids is 1. The van der Waals surface area contributed by atoms with Crippen molar-refractivity contribution in [3.63, 3.8) is 0 Å². The first kappa shape index (κ1) is 15.6.